The highest BCUT2D eigenvalue weighted by atomic mass is 32.2. The van der Waals surface area contributed by atoms with Crippen LogP contribution in [-0.2, 0) is 21.2 Å². The number of nitrogens with one attached hydrogen (secondary N) is 2. The monoisotopic (exact) mass is 448 g/mol. The Balaban J connectivity index is 1.32. The van der Waals surface area contributed by atoms with E-state index in [0.717, 1.165) is 50.5 Å². The maximum Gasteiger partial charge on any atom is 0.318 e. The lowest BCUT2D eigenvalue weighted by atomic mass is 9.95. The van der Waals surface area contributed by atoms with Gasteiger partial charge in [0.05, 0.1) is 4.90 Å². The number of urea groups is 1. The molecule has 9 heteroatoms. The summed E-state index contributed by atoms with van der Waals surface area (Å²) in [5.74, 6) is 0.142. The van der Waals surface area contributed by atoms with Gasteiger partial charge in [0.1, 0.15) is 6.04 Å². The minimum atomic E-state index is -3.71. The Morgan fingerprint density at radius 2 is 1.74 bits per heavy atom. The molecule has 2 bridgehead atoms. The predicted octanol–water partition coefficient (Wildman–Crippen LogP) is 1.89. The first-order valence-electron chi connectivity index (χ1n) is 11.3. The first-order valence-corrected chi connectivity index (χ1v) is 12.9. The number of nitrogens with zero attached hydrogens (tertiary/aromatic N) is 1. The van der Waals surface area contributed by atoms with E-state index in [1.165, 1.54) is 18.6 Å². The first-order chi connectivity index (χ1) is 14.8. The number of nitrogens with two attached hydrogens (primary N) is 1. The van der Waals surface area contributed by atoms with Crippen LogP contribution < -0.4 is 15.8 Å². The number of carbonyl (C=O) groups excluding carboxylic acids is 2. The molecule has 0 radical (unpaired) electrons. The van der Waals surface area contributed by atoms with Gasteiger partial charge in [0.25, 0.3) is 0 Å². The van der Waals surface area contributed by atoms with Crippen LogP contribution in [0.5, 0.6) is 0 Å². The van der Waals surface area contributed by atoms with Gasteiger partial charge in [-0.15, -0.1) is 0 Å². The molecule has 8 nitrogen and oxygen atoms in total. The molecule has 3 unspecified atom stereocenters. The molecule has 170 valence electrons. The molecule has 3 aliphatic rings. The van der Waals surface area contributed by atoms with Crippen molar-refractivity contribution in [3.05, 3.63) is 29.8 Å². The second-order valence-corrected chi connectivity index (χ2v) is 10.7. The van der Waals surface area contributed by atoms with Crippen LogP contribution >= 0.6 is 0 Å². The van der Waals surface area contributed by atoms with E-state index in [1.54, 1.807) is 17.0 Å². The Morgan fingerprint density at radius 1 is 1.03 bits per heavy atom. The summed E-state index contributed by atoms with van der Waals surface area (Å²) in [4.78, 5) is 27.9. The van der Waals surface area contributed by atoms with Gasteiger partial charge in [-0.1, -0.05) is 31.4 Å². The number of sulfonamides is 1. The molecule has 1 aromatic carbocycles. The lowest BCUT2D eigenvalue weighted by molar-refractivity contribution is -0.126. The Bertz CT molecular complexity index is 912. The second-order valence-electron chi connectivity index (χ2n) is 9.09. The van der Waals surface area contributed by atoms with E-state index in [0.29, 0.717) is 13.0 Å². The van der Waals surface area contributed by atoms with Crippen LogP contribution in [0.3, 0.4) is 0 Å². The molecule has 1 aromatic rings. The quantitative estimate of drug-likeness (QED) is 0.615. The van der Waals surface area contributed by atoms with Crippen LogP contribution in [0.1, 0.15) is 56.9 Å². The highest BCUT2D eigenvalue weighted by Crippen LogP contribution is 2.42. The van der Waals surface area contributed by atoms with Gasteiger partial charge < -0.3 is 15.5 Å². The number of fused-ring (bicyclic) bond motifs is 2. The molecule has 1 saturated heterocycles. The van der Waals surface area contributed by atoms with Crippen molar-refractivity contribution >= 4 is 22.0 Å². The molecule has 2 saturated carbocycles. The van der Waals surface area contributed by atoms with Gasteiger partial charge in [-0.3, -0.25) is 4.79 Å². The van der Waals surface area contributed by atoms with Gasteiger partial charge >= 0.3 is 6.03 Å². The summed E-state index contributed by atoms with van der Waals surface area (Å²) in [5, 5.41) is 11.3. The third kappa shape index (κ3) is 5.03. The minimum Gasteiger partial charge on any atom is -0.354 e. The fourth-order valence-corrected chi connectivity index (χ4v) is 5.91. The van der Waals surface area contributed by atoms with E-state index < -0.39 is 16.1 Å². The van der Waals surface area contributed by atoms with Crippen molar-refractivity contribution in [2.45, 2.75) is 80.8 Å². The van der Waals surface area contributed by atoms with Crippen molar-refractivity contribution in [2.24, 2.45) is 11.1 Å². The highest BCUT2D eigenvalue weighted by Gasteiger charge is 2.51. The number of amides is 3. The first kappa shape index (κ1) is 22.1. The highest BCUT2D eigenvalue weighted by molar-refractivity contribution is 7.89. The van der Waals surface area contributed by atoms with Gasteiger partial charge in [0.15, 0.2) is 0 Å². The van der Waals surface area contributed by atoms with Crippen molar-refractivity contribution in [3.63, 3.8) is 0 Å². The van der Waals surface area contributed by atoms with Crippen LogP contribution in [0, 0.1) is 5.92 Å². The summed E-state index contributed by atoms with van der Waals surface area (Å²) >= 11 is 0. The molecule has 3 atom stereocenters. The zero-order valence-corrected chi connectivity index (χ0v) is 18.6. The summed E-state index contributed by atoms with van der Waals surface area (Å²) < 4.78 is 22.7. The third-order valence-electron chi connectivity index (χ3n) is 6.99. The van der Waals surface area contributed by atoms with E-state index in [-0.39, 0.29) is 34.8 Å². The number of hydrogen-bond donors (Lipinski definition) is 3. The largest absolute Gasteiger partial charge is 0.354 e. The number of hydrogen-bond acceptors (Lipinski definition) is 4. The molecule has 4 N–H and O–H groups in total. The van der Waals surface area contributed by atoms with Gasteiger partial charge in [-0.25, -0.2) is 18.4 Å². The molecule has 1 aliphatic heterocycles. The third-order valence-corrected chi connectivity index (χ3v) is 7.92. The summed E-state index contributed by atoms with van der Waals surface area (Å²) in [5.41, 5.74) is 0.910. The molecule has 3 amide bonds. The molecular weight excluding hydrogens is 416 g/mol. The Hall–Kier alpha value is -2.13. The smallest absolute Gasteiger partial charge is 0.318 e. The number of primary sulfonamides is 1. The van der Waals surface area contributed by atoms with Crippen molar-refractivity contribution in [1.29, 1.82) is 0 Å². The molecule has 31 heavy (non-hydrogen) atoms. The van der Waals surface area contributed by atoms with E-state index >= 15 is 0 Å². The van der Waals surface area contributed by atoms with Crippen LogP contribution in [0.15, 0.2) is 29.2 Å². The van der Waals surface area contributed by atoms with Gasteiger partial charge in [0.2, 0.25) is 15.9 Å². The Morgan fingerprint density at radius 3 is 2.42 bits per heavy atom. The predicted molar refractivity (Wildman–Crippen MR) is 117 cm³/mol. The van der Waals surface area contributed by atoms with Crippen LogP contribution in [0.25, 0.3) is 0 Å². The molecule has 1 heterocycles. The molecular formula is C22H32N4O4S. The summed E-state index contributed by atoms with van der Waals surface area (Å²) in [6.07, 6.45) is 9.03. The van der Waals surface area contributed by atoms with E-state index in [2.05, 4.69) is 10.6 Å². The summed E-state index contributed by atoms with van der Waals surface area (Å²) in [6.45, 7) is 0.430. The normalized spacial score (nSPS) is 26.1. The molecule has 2 aliphatic carbocycles. The van der Waals surface area contributed by atoms with E-state index in [4.69, 9.17) is 5.14 Å². The number of carbonyl (C=O) groups is 2. The molecule has 0 aromatic heterocycles. The fraction of sp³-hybridized carbons (Fsp3) is 0.636. The summed E-state index contributed by atoms with van der Waals surface area (Å²) in [6, 6.07) is 6.25. The standard InChI is InChI=1S/C22H32N4O4S/c23-31(29,30)19-10-6-15(7-11-19)12-13-24-21(27)20-16-8-9-18(14-16)26(20)22(28)25-17-4-2-1-3-5-17/h6-7,10-11,16-18,20H,1-5,8-9,12-14H2,(H,24,27)(H,25,28)(H2,23,29,30). The number of piperidine rings is 1. The summed E-state index contributed by atoms with van der Waals surface area (Å²) in [7, 11) is -3.71. The van der Waals surface area contributed by atoms with E-state index in [1.807, 2.05) is 0 Å². The van der Waals surface area contributed by atoms with Crippen molar-refractivity contribution in [3.8, 4) is 0 Å². The topological polar surface area (TPSA) is 122 Å². The van der Waals surface area contributed by atoms with Crippen molar-refractivity contribution < 1.29 is 18.0 Å². The number of benzene rings is 1. The molecule has 0 spiro atoms. The average molecular weight is 449 g/mol. The van der Waals surface area contributed by atoms with Crippen LogP contribution in [0.2, 0.25) is 0 Å². The minimum absolute atomic E-state index is 0.0712. The lowest BCUT2D eigenvalue weighted by Crippen LogP contribution is -2.57. The number of likely N-dealkylation sites (tertiary alicyclic amines) is 1. The maximum absolute atomic E-state index is 13.0. The van der Waals surface area contributed by atoms with E-state index in [9.17, 15) is 18.0 Å². The second kappa shape index (κ2) is 9.16. The zero-order chi connectivity index (χ0) is 22.0. The molecule has 4 rings (SSSR count). The SMILES string of the molecule is NS(=O)(=O)c1ccc(CCNC(=O)C2C3CCC(C3)N2C(=O)NC2CCCCC2)cc1. The molecule has 3 fully saturated rings. The Labute approximate surface area is 184 Å². The lowest BCUT2D eigenvalue weighted by Gasteiger charge is -2.36. The zero-order valence-electron chi connectivity index (χ0n) is 17.8. The van der Waals surface area contributed by atoms with Gasteiger partial charge in [0, 0.05) is 18.6 Å². The number of rotatable bonds is 6. The van der Waals surface area contributed by atoms with Crippen molar-refractivity contribution in [1.82, 2.24) is 15.5 Å². The Kier molecular flexibility index (Phi) is 6.52. The van der Waals surface area contributed by atoms with Gasteiger partial charge in [-0.05, 0) is 62.1 Å². The van der Waals surface area contributed by atoms with Crippen molar-refractivity contribution in [2.75, 3.05) is 6.54 Å². The van der Waals surface area contributed by atoms with Gasteiger partial charge in [-0.2, -0.15) is 0 Å². The van der Waals surface area contributed by atoms with Crippen LogP contribution in [0.4, 0.5) is 4.79 Å². The fourth-order valence-electron chi connectivity index (χ4n) is 5.39. The average Bonchev–Trinajstić information content (AvgIpc) is 3.36. The maximum atomic E-state index is 13.0. The van der Waals surface area contributed by atoms with Crippen LogP contribution in [-0.4, -0.2) is 49.9 Å².